The summed E-state index contributed by atoms with van der Waals surface area (Å²) in [6.45, 7) is 3.93. The number of methoxy groups -OCH3 is 1. The molecule has 3 aromatic rings. The zero-order chi connectivity index (χ0) is 21.5. The van der Waals surface area contributed by atoms with Crippen LogP contribution >= 0.6 is 11.3 Å². The zero-order valence-corrected chi connectivity index (χ0v) is 18.0. The molecule has 2 aromatic carbocycles. The van der Waals surface area contributed by atoms with Crippen molar-refractivity contribution in [3.8, 4) is 5.75 Å². The first-order valence-electron chi connectivity index (χ1n) is 9.55. The molecule has 0 spiro atoms. The van der Waals surface area contributed by atoms with Gasteiger partial charge >= 0.3 is 0 Å². The summed E-state index contributed by atoms with van der Waals surface area (Å²) in [4.78, 5) is 26.6. The van der Waals surface area contributed by atoms with E-state index in [2.05, 4.69) is 10.6 Å². The number of ether oxygens (including phenoxy) is 1. The molecule has 0 radical (unpaired) electrons. The molecule has 0 aliphatic heterocycles. The van der Waals surface area contributed by atoms with Crippen LogP contribution in [0.25, 0.3) is 6.08 Å². The molecule has 3 rings (SSSR count). The van der Waals surface area contributed by atoms with E-state index < -0.39 is 0 Å². The molecule has 1 atom stereocenters. The van der Waals surface area contributed by atoms with E-state index in [9.17, 15) is 9.59 Å². The smallest absolute Gasteiger partial charge is 0.268 e. The van der Waals surface area contributed by atoms with Gasteiger partial charge in [-0.25, -0.2) is 0 Å². The summed E-state index contributed by atoms with van der Waals surface area (Å²) in [5.41, 5.74) is 2.76. The van der Waals surface area contributed by atoms with Crippen LogP contribution < -0.4 is 15.4 Å². The Kier molecular flexibility index (Phi) is 7.03. The fraction of sp³-hybridized carbons (Fsp3) is 0.167. The molecular formula is C24H24N2O3S. The lowest BCUT2D eigenvalue weighted by Gasteiger charge is -2.18. The number of rotatable bonds is 7. The van der Waals surface area contributed by atoms with Gasteiger partial charge in [-0.15, -0.1) is 11.3 Å². The molecule has 0 saturated heterocycles. The number of nitrogens with one attached hydrogen (secondary N) is 2. The monoisotopic (exact) mass is 420 g/mol. The SMILES string of the molecule is COc1ccc(C(=O)N/C(=C\c2cccs2)C(=O)N[C@H](C)c2ccccc2C)cc1. The largest absolute Gasteiger partial charge is 0.497 e. The van der Waals surface area contributed by atoms with Crippen LogP contribution in [-0.4, -0.2) is 18.9 Å². The van der Waals surface area contributed by atoms with Crippen LogP contribution in [-0.2, 0) is 4.79 Å². The molecule has 6 heteroatoms. The maximum atomic E-state index is 13.0. The molecule has 0 bridgehead atoms. The van der Waals surface area contributed by atoms with Gasteiger partial charge in [-0.2, -0.15) is 0 Å². The highest BCUT2D eigenvalue weighted by Crippen LogP contribution is 2.19. The summed E-state index contributed by atoms with van der Waals surface area (Å²) in [6.07, 6.45) is 1.69. The number of aryl methyl sites for hydroxylation is 1. The highest BCUT2D eigenvalue weighted by molar-refractivity contribution is 7.10. The van der Waals surface area contributed by atoms with Crippen molar-refractivity contribution in [1.29, 1.82) is 0 Å². The number of amides is 2. The van der Waals surface area contributed by atoms with E-state index in [1.807, 2.05) is 55.6 Å². The third-order valence-corrected chi connectivity index (χ3v) is 5.50. The third kappa shape index (κ3) is 5.36. The van der Waals surface area contributed by atoms with E-state index >= 15 is 0 Å². The fourth-order valence-corrected chi connectivity index (χ4v) is 3.69. The van der Waals surface area contributed by atoms with Crippen LogP contribution in [0.3, 0.4) is 0 Å². The van der Waals surface area contributed by atoms with Gasteiger partial charge in [0.05, 0.1) is 13.2 Å². The Bertz CT molecular complexity index is 1040. The lowest BCUT2D eigenvalue weighted by molar-refractivity contribution is -0.118. The predicted molar refractivity (Wildman–Crippen MR) is 120 cm³/mol. The van der Waals surface area contributed by atoms with Crippen molar-refractivity contribution < 1.29 is 14.3 Å². The first-order valence-corrected chi connectivity index (χ1v) is 10.4. The van der Waals surface area contributed by atoms with E-state index in [-0.39, 0.29) is 23.6 Å². The van der Waals surface area contributed by atoms with Crippen LogP contribution in [0.5, 0.6) is 5.75 Å². The molecule has 30 heavy (non-hydrogen) atoms. The molecule has 1 aromatic heterocycles. The van der Waals surface area contributed by atoms with Crippen molar-refractivity contribution in [2.75, 3.05) is 7.11 Å². The van der Waals surface area contributed by atoms with Gasteiger partial charge in [0.2, 0.25) is 0 Å². The van der Waals surface area contributed by atoms with Crippen molar-refractivity contribution in [2.24, 2.45) is 0 Å². The quantitative estimate of drug-likeness (QED) is 0.544. The predicted octanol–water partition coefficient (Wildman–Crippen LogP) is 4.71. The maximum Gasteiger partial charge on any atom is 0.268 e. The average molecular weight is 421 g/mol. The van der Waals surface area contributed by atoms with Crippen LogP contribution in [0, 0.1) is 6.92 Å². The molecule has 0 aliphatic carbocycles. The van der Waals surface area contributed by atoms with Gasteiger partial charge in [0, 0.05) is 10.4 Å². The summed E-state index contributed by atoms with van der Waals surface area (Å²) < 4.78 is 5.13. The molecule has 2 N–H and O–H groups in total. The van der Waals surface area contributed by atoms with Gasteiger partial charge in [-0.3, -0.25) is 9.59 Å². The highest BCUT2D eigenvalue weighted by Gasteiger charge is 2.18. The van der Waals surface area contributed by atoms with Gasteiger partial charge in [-0.05, 0) is 66.8 Å². The molecular weight excluding hydrogens is 396 g/mol. The van der Waals surface area contributed by atoms with Gasteiger partial charge in [-0.1, -0.05) is 30.3 Å². The summed E-state index contributed by atoms with van der Waals surface area (Å²) in [5.74, 6) is -0.0501. The number of benzene rings is 2. The Morgan fingerprint density at radius 2 is 1.77 bits per heavy atom. The first-order chi connectivity index (χ1) is 14.5. The van der Waals surface area contributed by atoms with Crippen molar-refractivity contribution in [2.45, 2.75) is 19.9 Å². The minimum atomic E-state index is -0.362. The Morgan fingerprint density at radius 1 is 1.03 bits per heavy atom. The molecule has 154 valence electrons. The molecule has 2 amide bonds. The number of carbonyl (C=O) groups excluding carboxylic acids is 2. The minimum absolute atomic E-state index is 0.193. The summed E-state index contributed by atoms with van der Waals surface area (Å²) in [7, 11) is 1.57. The second-order valence-electron chi connectivity index (χ2n) is 6.81. The fourth-order valence-electron chi connectivity index (χ4n) is 3.04. The van der Waals surface area contributed by atoms with E-state index in [1.54, 1.807) is 37.5 Å². The molecule has 0 fully saturated rings. The summed E-state index contributed by atoms with van der Waals surface area (Å²) in [6, 6.07) is 18.2. The lowest BCUT2D eigenvalue weighted by atomic mass is 10.0. The number of carbonyl (C=O) groups is 2. The number of hydrogen-bond donors (Lipinski definition) is 2. The molecule has 0 aliphatic rings. The van der Waals surface area contributed by atoms with Gasteiger partial charge in [0.25, 0.3) is 11.8 Å². The normalized spacial score (nSPS) is 12.2. The van der Waals surface area contributed by atoms with Crippen LogP contribution in [0.4, 0.5) is 0 Å². The first kappa shape index (κ1) is 21.3. The van der Waals surface area contributed by atoms with Gasteiger partial charge in [0.15, 0.2) is 0 Å². The second kappa shape index (κ2) is 9.89. The molecule has 1 heterocycles. The van der Waals surface area contributed by atoms with Crippen LogP contribution in [0.2, 0.25) is 0 Å². The van der Waals surface area contributed by atoms with Crippen molar-refractivity contribution in [3.05, 3.63) is 93.3 Å². The second-order valence-corrected chi connectivity index (χ2v) is 7.79. The topological polar surface area (TPSA) is 67.4 Å². The van der Waals surface area contributed by atoms with Crippen LogP contribution in [0.1, 0.15) is 39.3 Å². The van der Waals surface area contributed by atoms with E-state index in [0.29, 0.717) is 11.3 Å². The number of thiophene rings is 1. The summed E-state index contributed by atoms with van der Waals surface area (Å²) in [5, 5.41) is 7.66. The highest BCUT2D eigenvalue weighted by atomic mass is 32.1. The number of hydrogen-bond acceptors (Lipinski definition) is 4. The molecule has 0 saturated carbocycles. The maximum absolute atomic E-state index is 13.0. The van der Waals surface area contributed by atoms with Crippen molar-refractivity contribution in [3.63, 3.8) is 0 Å². The average Bonchev–Trinajstić information content (AvgIpc) is 3.26. The zero-order valence-electron chi connectivity index (χ0n) is 17.1. The Morgan fingerprint density at radius 3 is 2.40 bits per heavy atom. The molecule has 0 unspecified atom stereocenters. The standard InChI is InChI=1S/C24H24N2O3S/c1-16-7-4-5-9-21(16)17(2)25-24(28)22(15-20-8-6-14-30-20)26-23(27)18-10-12-19(29-3)13-11-18/h4-15,17H,1-3H3,(H,25,28)(H,26,27)/b22-15-/t17-/m1/s1. The van der Waals surface area contributed by atoms with Crippen molar-refractivity contribution >= 4 is 29.2 Å². The van der Waals surface area contributed by atoms with Gasteiger partial charge < -0.3 is 15.4 Å². The Labute approximate surface area is 180 Å². The third-order valence-electron chi connectivity index (χ3n) is 4.68. The van der Waals surface area contributed by atoms with Gasteiger partial charge in [0.1, 0.15) is 11.4 Å². The summed E-state index contributed by atoms with van der Waals surface area (Å²) >= 11 is 1.49. The van der Waals surface area contributed by atoms with Crippen molar-refractivity contribution in [1.82, 2.24) is 10.6 Å². The Hall–Kier alpha value is -3.38. The van der Waals surface area contributed by atoms with E-state index in [0.717, 1.165) is 16.0 Å². The minimum Gasteiger partial charge on any atom is -0.497 e. The Balaban J connectivity index is 1.80. The van der Waals surface area contributed by atoms with Crippen LogP contribution in [0.15, 0.2) is 71.7 Å². The van der Waals surface area contributed by atoms with E-state index in [1.165, 1.54) is 11.3 Å². The lowest BCUT2D eigenvalue weighted by Crippen LogP contribution is -2.36. The molecule has 5 nitrogen and oxygen atoms in total. The van der Waals surface area contributed by atoms with E-state index in [4.69, 9.17) is 4.74 Å².